The fourth-order valence-corrected chi connectivity index (χ4v) is 2.37. The molecule has 1 aliphatic carbocycles. The van der Waals surface area contributed by atoms with E-state index in [1.165, 1.54) is 6.07 Å². The van der Waals surface area contributed by atoms with Crippen LogP contribution in [0.2, 0.25) is 0 Å². The van der Waals surface area contributed by atoms with Crippen LogP contribution in [0.5, 0.6) is 5.75 Å². The van der Waals surface area contributed by atoms with Crippen molar-refractivity contribution in [2.75, 3.05) is 7.11 Å². The van der Waals surface area contributed by atoms with E-state index in [-0.39, 0.29) is 23.6 Å². The second-order valence-corrected chi connectivity index (χ2v) is 4.85. The number of nitrogens with one attached hydrogen (secondary N) is 1. The molecule has 2 rings (SSSR count). The SMILES string of the molecule is COC1CCC(NC(=O)c2ccc(F)c(O)c2)CC1. The Bertz CT molecular complexity index is 456. The Kier molecular flexibility index (Phi) is 4.37. The van der Waals surface area contributed by atoms with E-state index >= 15 is 0 Å². The molecule has 0 atom stereocenters. The van der Waals surface area contributed by atoms with Crippen LogP contribution in [0.1, 0.15) is 36.0 Å². The molecule has 1 saturated carbocycles. The summed E-state index contributed by atoms with van der Waals surface area (Å²) in [5.74, 6) is -1.51. The number of amides is 1. The molecule has 2 N–H and O–H groups in total. The number of rotatable bonds is 3. The van der Waals surface area contributed by atoms with Crippen LogP contribution in [-0.2, 0) is 4.74 Å². The van der Waals surface area contributed by atoms with Crippen LogP contribution >= 0.6 is 0 Å². The molecule has 0 unspecified atom stereocenters. The van der Waals surface area contributed by atoms with Gasteiger partial charge in [-0.2, -0.15) is 0 Å². The molecule has 1 fully saturated rings. The average Bonchev–Trinajstić information content (AvgIpc) is 2.42. The van der Waals surface area contributed by atoms with Gasteiger partial charge in [0, 0.05) is 18.7 Å². The van der Waals surface area contributed by atoms with Gasteiger partial charge in [0.15, 0.2) is 11.6 Å². The number of benzene rings is 1. The molecule has 1 aliphatic rings. The molecule has 5 heteroatoms. The lowest BCUT2D eigenvalue weighted by Gasteiger charge is -2.28. The molecule has 19 heavy (non-hydrogen) atoms. The first-order valence-electron chi connectivity index (χ1n) is 6.42. The third kappa shape index (κ3) is 3.44. The second kappa shape index (κ2) is 6.02. The highest BCUT2D eigenvalue weighted by Crippen LogP contribution is 2.21. The molecule has 0 aromatic heterocycles. The molecule has 1 amide bonds. The van der Waals surface area contributed by atoms with Crippen LogP contribution in [0.25, 0.3) is 0 Å². The van der Waals surface area contributed by atoms with Crippen molar-refractivity contribution in [1.82, 2.24) is 5.32 Å². The normalized spacial score (nSPS) is 23.1. The molecule has 0 heterocycles. The molecule has 0 saturated heterocycles. The smallest absolute Gasteiger partial charge is 0.251 e. The van der Waals surface area contributed by atoms with Gasteiger partial charge >= 0.3 is 0 Å². The largest absolute Gasteiger partial charge is 0.505 e. The third-order valence-corrected chi connectivity index (χ3v) is 3.55. The van der Waals surface area contributed by atoms with E-state index in [4.69, 9.17) is 4.74 Å². The van der Waals surface area contributed by atoms with Gasteiger partial charge in [-0.1, -0.05) is 0 Å². The number of methoxy groups -OCH3 is 1. The van der Waals surface area contributed by atoms with Crippen LogP contribution in [0.15, 0.2) is 18.2 Å². The summed E-state index contributed by atoms with van der Waals surface area (Å²) in [6, 6.07) is 3.72. The Hall–Kier alpha value is -1.62. The van der Waals surface area contributed by atoms with Crippen molar-refractivity contribution in [3.63, 3.8) is 0 Å². The summed E-state index contributed by atoms with van der Waals surface area (Å²) in [4.78, 5) is 12.0. The lowest BCUT2D eigenvalue weighted by atomic mass is 9.93. The molecule has 0 aliphatic heterocycles. The predicted molar refractivity (Wildman–Crippen MR) is 68.6 cm³/mol. The van der Waals surface area contributed by atoms with E-state index in [2.05, 4.69) is 5.32 Å². The highest BCUT2D eigenvalue weighted by molar-refractivity contribution is 5.94. The van der Waals surface area contributed by atoms with Crippen LogP contribution in [-0.4, -0.2) is 30.3 Å². The van der Waals surface area contributed by atoms with Crippen molar-refractivity contribution < 1.29 is 19.0 Å². The Balaban J connectivity index is 1.92. The maximum Gasteiger partial charge on any atom is 0.251 e. The molecule has 0 bridgehead atoms. The van der Waals surface area contributed by atoms with Crippen molar-refractivity contribution in [3.05, 3.63) is 29.6 Å². The minimum atomic E-state index is -0.725. The summed E-state index contributed by atoms with van der Waals surface area (Å²) in [7, 11) is 1.70. The van der Waals surface area contributed by atoms with Gasteiger partial charge in [-0.3, -0.25) is 4.79 Å². The lowest BCUT2D eigenvalue weighted by Crippen LogP contribution is -2.38. The van der Waals surface area contributed by atoms with E-state index < -0.39 is 11.6 Å². The van der Waals surface area contributed by atoms with Gasteiger partial charge in [0.1, 0.15) is 0 Å². The Morgan fingerprint density at radius 3 is 2.63 bits per heavy atom. The maximum absolute atomic E-state index is 12.9. The van der Waals surface area contributed by atoms with Crippen LogP contribution in [0.4, 0.5) is 4.39 Å². The summed E-state index contributed by atoms with van der Waals surface area (Å²) >= 11 is 0. The van der Waals surface area contributed by atoms with Crippen molar-refractivity contribution in [2.45, 2.75) is 37.8 Å². The van der Waals surface area contributed by atoms with Crippen LogP contribution in [0, 0.1) is 5.82 Å². The van der Waals surface area contributed by atoms with Crippen molar-refractivity contribution in [2.24, 2.45) is 0 Å². The zero-order chi connectivity index (χ0) is 13.8. The average molecular weight is 267 g/mol. The first-order valence-corrected chi connectivity index (χ1v) is 6.42. The second-order valence-electron chi connectivity index (χ2n) is 4.85. The van der Waals surface area contributed by atoms with E-state index in [0.717, 1.165) is 37.8 Å². The number of phenolic OH excluding ortho intramolecular Hbond substituents is 1. The zero-order valence-electron chi connectivity index (χ0n) is 10.9. The fraction of sp³-hybridized carbons (Fsp3) is 0.500. The number of ether oxygens (including phenoxy) is 1. The third-order valence-electron chi connectivity index (χ3n) is 3.55. The number of hydrogen-bond acceptors (Lipinski definition) is 3. The quantitative estimate of drug-likeness (QED) is 0.882. The van der Waals surface area contributed by atoms with Crippen molar-refractivity contribution in [1.29, 1.82) is 0 Å². The summed E-state index contributed by atoms with van der Waals surface area (Å²) in [6.07, 6.45) is 3.88. The van der Waals surface area contributed by atoms with Crippen LogP contribution < -0.4 is 5.32 Å². The molecule has 1 aromatic rings. The zero-order valence-corrected chi connectivity index (χ0v) is 10.9. The number of carbonyl (C=O) groups excluding carboxylic acids is 1. The monoisotopic (exact) mass is 267 g/mol. The van der Waals surface area contributed by atoms with Gasteiger partial charge in [0.25, 0.3) is 5.91 Å². The first-order chi connectivity index (χ1) is 9.10. The standard InChI is InChI=1S/C14H18FNO3/c1-19-11-5-3-10(4-6-11)16-14(18)9-2-7-12(15)13(17)8-9/h2,7-8,10-11,17H,3-6H2,1H3,(H,16,18). The number of aromatic hydroxyl groups is 1. The highest BCUT2D eigenvalue weighted by Gasteiger charge is 2.22. The number of halogens is 1. The summed E-state index contributed by atoms with van der Waals surface area (Å²) in [5, 5.41) is 12.1. The molecule has 0 spiro atoms. The number of hydrogen-bond donors (Lipinski definition) is 2. The summed E-state index contributed by atoms with van der Waals surface area (Å²) in [5.41, 5.74) is 0.271. The molecular weight excluding hydrogens is 249 g/mol. The molecule has 4 nitrogen and oxygen atoms in total. The van der Waals surface area contributed by atoms with Gasteiger partial charge < -0.3 is 15.2 Å². The minimum absolute atomic E-state index is 0.117. The lowest BCUT2D eigenvalue weighted by molar-refractivity contribution is 0.0599. The van der Waals surface area contributed by atoms with Gasteiger partial charge in [-0.25, -0.2) is 4.39 Å². The van der Waals surface area contributed by atoms with Gasteiger partial charge in [0.05, 0.1) is 6.10 Å². The van der Waals surface area contributed by atoms with Crippen LogP contribution in [0.3, 0.4) is 0 Å². The summed E-state index contributed by atoms with van der Waals surface area (Å²) in [6.45, 7) is 0. The van der Waals surface area contributed by atoms with E-state index in [1.807, 2.05) is 0 Å². The van der Waals surface area contributed by atoms with Crippen molar-refractivity contribution in [3.8, 4) is 5.75 Å². The van der Waals surface area contributed by atoms with Gasteiger partial charge in [-0.15, -0.1) is 0 Å². The summed E-state index contributed by atoms with van der Waals surface area (Å²) < 4.78 is 18.2. The van der Waals surface area contributed by atoms with Crippen molar-refractivity contribution >= 4 is 5.91 Å². The Morgan fingerprint density at radius 1 is 1.37 bits per heavy atom. The Labute approximate surface area is 111 Å². The van der Waals surface area contributed by atoms with E-state index in [0.29, 0.717) is 0 Å². The number of carbonyl (C=O) groups is 1. The fourth-order valence-electron chi connectivity index (χ4n) is 2.37. The van der Waals surface area contributed by atoms with E-state index in [1.54, 1.807) is 7.11 Å². The topological polar surface area (TPSA) is 58.6 Å². The molecule has 104 valence electrons. The maximum atomic E-state index is 12.9. The highest BCUT2D eigenvalue weighted by atomic mass is 19.1. The van der Waals surface area contributed by atoms with E-state index in [9.17, 15) is 14.3 Å². The predicted octanol–water partition coefficient (Wildman–Crippen LogP) is 2.22. The molecule has 1 aromatic carbocycles. The minimum Gasteiger partial charge on any atom is -0.505 e. The van der Waals surface area contributed by atoms with Gasteiger partial charge in [-0.05, 0) is 43.9 Å². The number of phenols is 1. The first kappa shape index (κ1) is 13.8. The van der Waals surface area contributed by atoms with Gasteiger partial charge in [0.2, 0.25) is 0 Å². The molecular formula is C14H18FNO3. The Morgan fingerprint density at radius 2 is 2.05 bits per heavy atom. The molecule has 0 radical (unpaired) electrons.